The van der Waals surface area contributed by atoms with Gasteiger partial charge in [0.25, 0.3) is 5.91 Å². The van der Waals surface area contributed by atoms with E-state index in [4.69, 9.17) is 4.74 Å². The highest BCUT2D eigenvalue weighted by molar-refractivity contribution is 9.10. The van der Waals surface area contributed by atoms with Crippen LogP contribution in [0, 0.1) is 6.92 Å². The lowest BCUT2D eigenvalue weighted by atomic mass is 10.1. The van der Waals surface area contributed by atoms with Crippen LogP contribution >= 0.6 is 27.3 Å². The fourth-order valence-electron chi connectivity index (χ4n) is 2.62. The topological polar surface area (TPSA) is 42.4 Å². The molecular weight excluding hydrogens is 364 g/mol. The number of aromatic nitrogens is 1. The van der Waals surface area contributed by atoms with Crippen LogP contribution < -0.4 is 4.74 Å². The first kappa shape index (κ1) is 15.5. The molecule has 0 N–H and O–H groups in total. The number of hydrogen-bond donors (Lipinski definition) is 0. The summed E-state index contributed by atoms with van der Waals surface area (Å²) >= 11 is 4.97. The number of benzene rings is 1. The van der Waals surface area contributed by atoms with E-state index in [9.17, 15) is 4.79 Å². The molecule has 0 saturated carbocycles. The third-order valence-corrected chi connectivity index (χ3v) is 5.60. The maximum atomic E-state index is 12.5. The Labute approximate surface area is 142 Å². The van der Waals surface area contributed by atoms with Crippen molar-refractivity contribution >= 4 is 33.2 Å². The molecule has 1 aromatic heterocycles. The molecule has 1 fully saturated rings. The number of methoxy groups -OCH3 is 1. The largest absolute Gasteiger partial charge is 0.496 e. The minimum absolute atomic E-state index is 0.0597. The third-order valence-electron chi connectivity index (χ3n) is 3.79. The molecule has 0 atom stereocenters. The highest BCUT2D eigenvalue weighted by atomic mass is 79.9. The van der Waals surface area contributed by atoms with Gasteiger partial charge in [0.05, 0.1) is 22.2 Å². The Kier molecular flexibility index (Phi) is 4.49. The quantitative estimate of drug-likeness (QED) is 0.803. The second-order valence-electron chi connectivity index (χ2n) is 5.28. The van der Waals surface area contributed by atoms with Gasteiger partial charge < -0.3 is 9.64 Å². The van der Waals surface area contributed by atoms with Gasteiger partial charge in [0.15, 0.2) is 5.01 Å². The summed E-state index contributed by atoms with van der Waals surface area (Å²) in [5.74, 6) is 0.851. The third kappa shape index (κ3) is 2.90. The van der Waals surface area contributed by atoms with Crippen LogP contribution in [0.15, 0.2) is 22.7 Å². The summed E-state index contributed by atoms with van der Waals surface area (Å²) < 4.78 is 6.15. The maximum Gasteiger partial charge on any atom is 0.282 e. The Morgan fingerprint density at radius 1 is 1.36 bits per heavy atom. The van der Waals surface area contributed by atoms with Crippen molar-refractivity contribution in [2.75, 3.05) is 20.2 Å². The van der Waals surface area contributed by atoms with E-state index >= 15 is 0 Å². The van der Waals surface area contributed by atoms with Gasteiger partial charge in [-0.2, -0.15) is 0 Å². The zero-order valence-corrected chi connectivity index (χ0v) is 15.0. The minimum Gasteiger partial charge on any atom is -0.496 e. The van der Waals surface area contributed by atoms with Gasteiger partial charge in [0.1, 0.15) is 5.75 Å². The molecule has 2 aromatic rings. The number of rotatable bonds is 3. The van der Waals surface area contributed by atoms with Gasteiger partial charge in [0.2, 0.25) is 0 Å². The number of carbonyl (C=O) groups excluding carboxylic acids is 1. The van der Waals surface area contributed by atoms with E-state index in [0.717, 1.165) is 52.3 Å². The lowest BCUT2D eigenvalue weighted by Gasteiger charge is -2.12. The highest BCUT2D eigenvalue weighted by Crippen LogP contribution is 2.35. The molecule has 1 aliphatic rings. The number of amides is 1. The van der Waals surface area contributed by atoms with Crippen LogP contribution in [0.25, 0.3) is 10.4 Å². The predicted molar refractivity (Wildman–Crippen MR) is 91.7 cm³/mol. The monoisotopic (exact) mass is 380 g/mol. The summed E-state index contributed by atoms with van der Waals surface area (Å²) in [6.07, 6.45) is 2.18. The van der Waals surface area contributed by atoms with E-state index in [1.54, 1.807) is 7.11 Å². The van der Waals surface area contributed by atoms with E-state index in [-0.39, 0.29) is 5.91 Å². The summed E-state index contributed by atoms with van der Waals surface area (Å²) in [7, 11) is 1.64. The van der Waals surface area contributed by atoms with Crippen molar-refractivity contribution in [1.82, 2.24) is 9.88 Å². The smallest absolute Gasteiger partial charge is 0.282 e. The van der Waals surface area contributed by atoms with Crippen LogP contribution in [0.1, 0.15) is 28.3 Å². The van der Waals surface area contributed by atoms with Crippen LogP contribution in [-0.4, -0.2) is 36.0 Å². The fourth-order valence-corrected chi connectivity index (χ4v) is 4.19. The molecule has 6 heteroatoms. The summed E-state index contributed by atoms with van der Waals surface area (Å²) in [5, 5.41) is 0.585. The molecule has 22 heavy (non-hydrogen) atoms. The summed E-state index contributed by atoms with van der Waals surface area (Å²) in [6, 6.07) is 5.91. The Balaban J connectivity index is 1.92. The highest BCUT2D eigenvalue weighted by Gasteiger charge is 2.23. The van der Waals surface area contributed by atoms with Crippen LogP contribution in [0.3, 0.4) is 0 Å². The van der Waals surface area contributed by atoms with Crippen molar-refractivity contribution in [2.45, 2.75) is 19.8 Å². The zero-order chi connectivity index (χ0) is 15.7. The van der Waals surface area contributed by atoms with Crippen LogP contribution in [0.5, 0.6) is 5.75 Å². The van der Waals surface area contributed by atoms with Crippen molar-refractivity contribution in [1.29, 1.82) is 0 Å². The molecule has 3 rings (SSSR count). The van der Waals surface area contributed by atoms with Gasteiger partial charge in [-0.3, -0.25) is 4.79 Å². The second-order valence-corrected chi connectivity index (χ2v) is 7.14. The van der Waals surface area contributed by atoms with Crippen molar-refractivity contribution in [3.8, 4) is 16.2 Å². The maximum absolute atomic E-state index is 12.5. The first-order chi connectivity index (χ1) is 10.6. The molecule has 2 heterocycles. The van der Waals surface area contributed by atoms with Crippen LogP contribution in [-0.2, 0) is 0 Å². The zero-order valence-electron chi connectivity index (χ0n) is 12.6. The summed E-state index contributed by atoms with van der Waals surface area (Å²) in [4.78, 5) is 19.9. The average Bonchev–Trinajstić information content (AvgIpc) is 3.16. The van der Waals surface area contributed by atoms with Crippen LogP contribution in [0.2, 0.25) is 0 Å². The number of hydrogen-bond acceptors (Lipinski definition) is 4. The Morgan fingerprint density at radius 3 is 2.73 bits per heavy atom. The van der Waals surface area contributed by atoms with Crippen LogP contribution in [0.4, 0.5) is 0 Å². The SMILES string of the molecule is COc1ccc(-c2sc(C(=O)N3CCCC3)nc2C)cc1Br. The lowest BCUT2D eigenvalue weighted by molar-refractivity contribution is 0.0792. The van der Waals surface area contributed by atoms with Gasteiger partial charge in [-0.05, 0) is 59.5 Å². The average molecular weight is 381 g/mol. The predicted octanol–water partition coefficient (Wildman–Crippen LogP) is 4.13. The van der Waals surface area contributed by atoms with Gasteiger partial charge in [-0.15, -0.1) is 11.3 Å². The lowest BCUT2D eigenvalue weighted by Crippen LogP contribution is -2.27. The normalized spacial score (nSPS) is 14.4. The Bertz CT molecular complexity index is 708. The number of nitrogens with zero attached hydrogens (tertiary/aromatic N) is 2. The number of aryl methyl sites for hydroxylation is 1. The molecule has 1 amide bonds. The van der Waals surface area contributed by atoms with E-state index in [2.05, 4.69) is 20.9 Å². The molecule has 1 aromatic carbocycles. The van der Waals surface area contributed by atoms with Crippen molar-refractivity contribution in [3.05, 3.63) is 33.4 Å². The first-order valence-electron chi connectivity index (χ1n) is 7.21. The molecule has 1 aliphatic heterocycles. The van der Waals surface area contributed by atoms with Crippen molar-refractivity contribution in [3.63, 3.8) is 0 Å². The molecule has 0 aliphatic carbocycles. The summed E-state index contributed by atoms with van der Waals surface area (Å²) in [6.45, 7) is 3.65. The number of halogens is 1. The van der Waals surface area contributed by atoms with Gasteiger partial charge in [-0.25, -0.2) is 4.98 Å². The van der Waals surface area contributed by atoms with Gasteiger partial charge in [0, 0.05) is 13.1 Å². The number of thiazole rings is 1. The van der Waals surface area contributed by atoms with Crippen molar-refractivity contribution in [2.24, 2.45) is 0 Å². The van der Waals surface area contributed by atoms with E-state index < -0.39 is 0 Å². The molecule has 0 radical (unpaired) electrons. The molecule has 1 saturated heterocycles. The van der Waals surface area contributed by atoms with E-state index in [1.165, 1.54) is 11.3 Å². The molecular formula is C16H17BrN2O2S. The van der Waals surface area contributed by atoms with Gasteiger partial charge >= 0.3 is 0 Å². The molecule has 4 nitrogen and oxygen atoms in total. The minimum atomic E-state index is 0.0597. The molecule has 0 spiro atoms. The van der Waals surface area contributed by atoms with E-state index in [0.29, 0.717) is 5.01 Å². The molecule has 0 bridgehead atoms. The molecule has 116 valence electrons. The number of likely N-dealkylation sites (tertiary alicyclic amines) is 1. The van der Waals surface area contributed by atoms with Crippen molar-refractivity contribution < 1.29 is 9.53 Å². The standard InChI is InChI=1S/C16H17BrN2O2S/c1-10-14(11-5-6-13(21-2)12(17)9-11)22-15(18-10)16(20)19-7-3-4-8-19/h5-6,9H,3-4,7-8H2,1-2H3. The Hall–Kier alpha value is -1.40. The summed E-state index contributed by atoms with van der Waals surface area (Å²) in [5.41, 5.74) is 1.94. The van der Waals surface area contributed by atoms with Gasteiger partial charge in [-0.1, -0.05) is 0 Å². The fraction of sp³-hybridized carbons (Fsp3) is 0.375. The Morgan fingerprint density at radius 2 is 2.09 bits per heavy atom. The molecule has 0 unspecified atom stereocenters. The number of ether oxygens (including phenoxy) is 1. The first-order valence-corrected chi connectivity index (χ1v) is 8.81. The van der Waals surface area contributed by atoms with E-state index in [1.807, 2.05) is 30.0 Å². The number of carbonyl (C=O) groups is 1. The second kappa shape index (κ2) is 6.38.